The van der Waals surface area contributed by atoms with Gasteiger partial charge in [-0.3, -0.25) is 4.48 Å². The van der Waals surface area contributed by atoms with E-state index >= 15 is 0 Å². The van der Waals surface area contributed by atoms with Crippen LogP contribution in [0.25, 0.3) is 11.3 Å². The average molecular weight is 610 g/mol. The van der Waals surface area contributed by atoms with Gasteiger partial charge in [0.15, 0.2) is 26.8 Å². The number of aromatic nitrogens is 2. The molecule has 0 saturated carbocycles. The summed E-state index contributed by atoms with van der Waals surface area (Å²) in [6.07, 6.45) is 2.20. The molecule has 0 N–H and O–H groups in total. The van der Waals surface area contributed by atoms with E-state index < -0.39 is 0 Å². The van der Waals surface area contributed by atoms with Crippen molar-refractivity contribution in [3.8, 4) is 34.3 Å². The molecule has 7 nitrogen and oxygen atoms in total. The summed E-state index contributed by atoms with van der Waals surface area (Å²) < 4.78 is 26.6. The number of rotatable bonds is 8. The second-order valence-electron chi connectivity index (χ2n) is 9.47. The molecule has 1 aromatic heterocycles. The van der Waals surface area contributed by atoms with Crippen molar-refractivity contribution in [1.82, 2.24) is 14.0 Å². The minimum atomic E-state index is 0.243. The Morgan fingerprint density at radius 2 is 1.43 bits per heavy atom. The number of ether oxygens (including phenoxy) is 4. The Balaban J connectivity index is 1.52. The van der Waals surface area contributed by atoms with Crippen LogP contribution in [-0.2, 0) is 13.1 Å². The standard InChI is InChI=1S/C29H29IN3O4/c1-3-4-14-32-23(28(31-29(32)30)20-8-6-5-7-9-20)17-33(2,21-10-12-24-26(15-21)36-18-34-24)22-11-13-25-27(16-22)37-19-35-25/h5-13,15-16H,3-4,14,17-19H2,1-2H3/q+1. The number of hydrogen-bond acceptors (Lipinski definition) is 5. The van der Waals surface area contributed by atoms with E-state index in [1.54, 1.807) is 0 Å². The summed E-state index contributed by atoms with van der Waals surface area (Å²) in [5.41, 5.74) is 5.50. The zero-order valence-corrected chi connectivity index (χ0v) is 23.1. The minimum absolute atomic E-state index is 0.243. The molecule has 6 rings (SSSR count). The highest BCUT2D eigenvalue weighted by Crippen LogP contribution is 2.45. The van der Waals surface area contributed by atoms with Crippen LogP contribution in [0.5, 0.6) is 23.0 Å². The summed E-state index contributed by atoms with van der Waals surface area (Å²) in [7, 11) is 2.23. The highest BCUT2D eigenvalue weighted by molar-refractivity contribution is 14.1. The average Bonchev–Trinajstić information content (AvgIpc) is 3.66. The Labute approximate surface area is 230 Å². The Hall–Kier alpha value is -3.24. The summed E-state index contributed by atoms with van der Waals surface area (Å²) >= 11 is 2.37. The molecule has 0 bridgehead atoms. The minimum Gasteiger partial charge on any atom is -0.454 e. The molecule has 0 spiro atoms. The normalized spacial score (nSPS) is 13.8. The molecule has 3 aromatic carbocycles. The van der Waals surface area contributed by atoms with E-state index in [2.05, 4.69) is 89.7 Å². The highest BCUT2D eigenvalue weighted by atomic mass is 127. The topological polar surface area (TPSA) is 54.7 Å². The highest BCUT2D eigenvalue weighted by Gasteiger charge is 2.35. The van der Waals surface area contributed by atoms with Gasteiger partial charge in [-0.1, -0.05) is 43.7 Å². The van der Waals surface area contributed by atoms with Crippen molar-refractivity contribution in [1.29, 1.82) is 0 Å². The van der Waals surface area contributed by atoms with E-state index in [-0.39, 0.29) is 13.6 Å². The van der Waals surface area contributed by atoms with Gasteiger partial charge in [0, 0.05) is 36.4 Å². The number of hydrogen-bond donors (Lipinski definition) is 0. The van der Waals surface area contributed by atoms with Gasteiger partial charge in [-0.15, -0.1) is 0 Å². The van der Waals surface area contributed by atoms with Crippen LogP contribution >= 0.6 is 22.6 Å². The Morgan fingerprint density at radius 3 is 2.03 bits per heavy atom. The van der Waals surface area contributed by atoms with Gasteiger partial charge in [0.25, 0.3) is 0 Å². The summed E-state index contributed by atoms with van der Waals surface area (Å²) in [5.74, 6) is 3.07. The van der Waals surface area contributed by atoms with Crippen LogP contribution in [0.3, 0.4) is 0 Å². The van der Waals surface area contributed by atoms with Crippen LogP contribution in [0.4, 0.5) is 11.4 Å². The first-order valence-electron chi connectivity index (χ1n) is 12.5. The molecule has 4 aromatic rings. The summed E-state index contributed by atoms with van der Waals surface area (Å²) in [6.45, 7) is 4.32. The molecule has 0 aliphatic carbocycles. The maximum absolute atomic E-state index is 5.77. The molecular weight excluding hydrogens is 581 g/mol. The molecule has 0 unspecified atom stereocenters. The van der Waals surface area contributed by atoms with Gasteiger partial charge in [-0.25, -0.2) is 4.98 Å². The zero-order chi connectivity index (χ0) is 25.4. The van der Waals surface area contributed by atoms with Crippen LogP contribution in [0, 0.1) is 3.83 Å². The van der Waals surface area contributed by atoms with Crippen molar-refractivity contribution < 1.29 is 18.9 Å². The van der Waals surface area contributed by atoms with E-state index in [0.717, 1.165) is 68.8 Å². The molecule has 0 atom stereocenters. The first kappa shape index (κ1) is 24.1. The van der Waals surface area contributed by atoms with Gasteiger partial charge in [-0.05, 0) is 41.1 Å². The van der Waals surface area contributed by atoms with Gasteiger partial charge in [0.05, 0.1) is 12.7 Å². The number of benzene rings is 3. The lowest BCUT2D eigenvalue weighted by Crippen LogP contribution is -2.39. The van der Waals surface area contributed by atoms with Crippen LogP contribution in [-0.4, -0.2) is 30.2 Å². The summed E-state index contributed by atoms with van der Waals surface area (Å²) in [6, 6.07) is 22.9. The number of fused-ring (bicyclic) bond motifs is 2. The fraction of sp³-hybridized carbons (Fsp3) is 0.276. The van der Waals surface area contributed by atoms with Crippen LogP contribution in [0.2, 0.25) is 0 Å². The van der Waals surface area contributed by atoms with E-state index in [0.29, 0.717) is 11.0 Å². The van der Waals surface area contributed by atoms with E-state index in [1.165, 1.54) is 5.69 Å². The number of unbranched alkanes of at least 4 members (excludes halogenated alkanes) is 1. The van der Waals surface area contributed by atoms with Gasteiger partial charge in [0.2, 0.25) is 13.6 Å². The third kappa shape index (κ3) is 4.42. The lowest BCUT2D eigenvalue weighted by Gasteiger charge is -2.34. The van der Waals surface area contributed by atoms with Crippen molar-refractivity contribution in [2.45, 2.75) is 32.9 Å². The lowest BCUT2D eigenvalue weighted by molar-refractivity contribution is 0.173. The van der Waals surface area contributed by atoms with Crippen molar-refractivity contribution >= 4 is 34.0 Å². The number of nitrogens with zero attached hydrogens (tertiary/aromatic N) is 3. The van der Waals surface area contributed by atoms with Crippen molar-refractivity contribution in [2.24, 2.45) is 0 Å². The van der Waals surface area contributed by atoms with Gasteiger partial charge >= 0.3 is 0 Å². The predicted octanol–water partition coefficient (Wildman–Crippen LogP) is 6.88. The first-order chi connectivity index (χ1) is 18.1. The quantitative estimate of drug-likeness (QED) is 0.161. The molecule has 37 heavy (non-hydrogen) atoms. The molecule has 0 fully saturated rings. The van der Waals surface area contributed by atoms with Gasteiger partial charge in [-0.2, -0.15) is 0 Å². The van der Waals surface area contributed by atoms with E-state index in [4.69, 9.17) is 23.9 Å². The van der Waals surface area contributed by atoms with Crippen LogP contribution in [0.1, 0.15) is 25.5 Å². The monoisotopic (exact) mass is 610 g/mol. The molecule has 0 saturated heterocycles. The van der Waals surface area contributed by atoms with Crippen molar-refractivity contribution in [3.05, 3.63) is 76.3 Å². The summed E-state index contributed by atoms with van der Waals surface area (Å²) in [4.78, 5) is 5.07. The Kier molecular flexibility index (Phi) is 6.46. The van der Waals surface area contributed by atoms with Gasteiger partial charge in [0.1, 0.15) is 23.6 Å². The molecular formula is C29H29IN3O4+. The smallest absolute Gasteiger partial charge is 0.231 e. The molecule has 0 amide bonds. The largest absolute Gasteiger partial charge is 0.454 e. The molecule has 2 aliphatic rings. The van der Waals surface area contributed by atoms with E-state index in [9.17, 15) is 0 Å². The fourth-order valence-corrected chi connectivity index (χ4v) is 5.78. The number of imidazole rings is 1. The molecule has 0 radical (unpaired) electrons. The Morgan fingerprint density at radius 1 is 0.838 bits per heavy atom. The maximum atomic E-state index is 5.77. The third-order valence-electron chi connectivity index (χ3n) is 7.13. The van der Waals surface area contributed by atoms with Crippen molar-refractivity contribution in [3.63, 3.8) is 0 Å². The molecule has 3 heterocycles. The molecule has 2 aliphatic heterocycles. The predicted molar refractivity (Wildman–Crippen MR) is 151 cm³/mol. The van der Waals surface area contributed by atoms with Gasteiger partial charge < -0.3 is 23.5 Å². The second kappa shape index (κ2) is 9.90. The lowest BCUT2D eigenvalue weighted by atomic mass is 10.1. The number of quaternary nitrogens is 1. The van der Waals surface area contributed by atoms with Crippen LogP contribution < -0.4 is 23.4 Å². The Bertz CT molecular complexity index is 1380. The first-order valence-corrected chi connectivity index (χ1v) is 13.6. The van der Waals surface area contributed by atoms with Crippen molar-refractivity contribution in [2.75, 3.05) is 20.6 Å². The zero-order valence-electron chi connectivity index (χ0n) is 20.9. The maximum Gasteiger partial charge on any atom is 0.231 e. The summed E-state index contributed by atoms with van der Waals surface area (Å²) in [5, 5.41) is 0. The van der Waals surface area contributed by atoms with E-state index in [1.807, 2.05) is 18.2 Å². The second-order valence-corrected chi connectivity index (χ2v) is 10.4. The SMILES string of the molecule is CCCCn1c(I)nc(-c2ccccc2)c1C[N+](C)(c1ccc2c(c1)OCO2)c1ccc2c(c1)OCO2. The number of halogens is 1. The van der Waals surface area contributed by atoms with Crippen LogP contribution in [0.15, 0.2) is 66.7 Å². The molecule has 190 valence electrons. The fourth-order valence-electron chi connectivity index (χ4n) is 5.00. The third-order valence-corrected chi connectivity index (χ3v) is 7.95. The molecule has 8 heteroatoms.